The second kappa shape index (κ2) is 12.3. The first-order valence-electron chi connectivity index (χ1n) is 10.3. The van der Waals surface area contributed by atoms with Crippen LogP contribution in [0, 0.1) is 0 Å². The maximum atomic E-state index is 12.4. The van der Waals surface area contributed by atoms with Crippen molar-refractivity contribution >= 4 is 11.9 Å². The summed E-state index contributed by atoms with van der Waals surface area (Å²) in [6.45, 7) is 6.65. The second-order valence-corrected chi connectivity index (χ2v) is 7.00. The topological polar surface area (TPSA) is 91.3 Å². The monoisotopic (exact) mass is 388 g/mol. The van der Waals surface area contributed by atoms with Gasteiger partial charge in [0.25, 0.3) is 0 Å². The summed E-state index contributed by atoms with van der Waals surface area (Å²) in [5, 5.41) is 11.5. The van der Waals surface area contributed by atoms with Crippen LogP contribution in [0.25, 0.3) is 0 Å². The third-order valence-corrected chi connectivity index (χ3v) is 4.69. The second-order valence-electron chi connectivity index (χ2n) is 7.00. The summed E-state index contributed by atoms with van der Waals surface area (Å²) in [6.07, 6.45) is 5.04. The van der Waals surface area contributed by atoms with Crippen molar-refractivity contribution in [2.75, 3.05) is 19.8 Å². The SMILES string of the molecule is CCCCC(O)(CCCC)C1(OCCOCC)OC(=O)CCCCC(=O)O1. The summed E-state index contributed by atoms with van der Waals surface area (Å²) in [5.74, 6) is -3.20. The van der Waals surface area contributed by atoms with Gasteiger partial charge in [0.15, 0.2) is 5.60 Å². The van der Waals surface area contributed by atoms with Gasteiger partial charge in [0.1, 0.15) is 0 Å². The maximum Gasteiger partial charge on any atom is 0.406 e. The van der Waals surface area contributed by atoms with Gasteiger partial charge in [-0.2, -0.15) is 0 Å². The summed E-state index contributed by atoms with van der Waals surface area (Å²) >= 11 is 0. The Labute approximate surface area is 162 Å². The first kappa shape index (κ1) is 23.9. The Bertz CT molecular complexity index is 422. The molecule has 0 aromatic carbocycles. The first-order chi connectivity index (χ1) is 12.9. The number of esters is 2. The van der Waals surface area contributed by atoms with Crippen LogP contribution in [0.15, 0.2) is 0 Å². The lowest BCUT2D eigenvalue weighted by Gasteiger charge is -2.43. The molecular formula is C20H36O7. The van der Waals surface area contributed by atoms with Crippen LogP contribution in [-0.4, -0.2) is 48.4 Å². The summed E-state index contributed by atoms with van der Waals surface area (Å²) in [7, 11) is 0. The van der Waals surface area contributed by atoms with Crippen LogP contribution in [0.4, 0.5) is 0 Å². The van der Waals surface area contributed by atoms with Crippen LogP contribution >= 0.6 is 0 Å². The Morgan fingerprint density at radius 1 is 0.963 bits per heavy atom. The van der Waals surface area contributed by atoms with Crippen molar-refractivity contribution in [3.8, 4) is 0 Å². The van der Waals surface area contributed by atoms with Crippen LogP contribution in [0.3, 0.4) is 0 Å². The number of rotatable bonds is 12. The highest BCUT2D eigenvalue weighted by atomic mass is 16.9. The summed E-state index contributed by atoms with van der Waals surface area (Å²) < 4.78 is 22.2. The molecule has 158 valence electrons. The highest BCUT2D eigenvalue weighted by molar-refractivity contribution is 5.73. The van der Waals surface area contributed by atoms with Gasteiger partial charge in [0.05, 0.1) is 13.2 Å². The molecule has 7 nitrogen and oxygen atoms in total. The first-order valence-corrected chi connectivity index (χ1v) is 10.3. The Kier molecular flexibility index (Phi) is 10.9. The van der Waals surface area contributed by atoms with E-state index < -0.39 is 23.5 Å². The number of carbonyl (C=O) groups is 2. The predicted molar refractivity (Wildman–Crippen MR) is 99.8 cm³/mol. The van der Waals surface area contributed by atoms with E-state index in [1.807, 2.05) is 20.8 Å². The van der Waals surface area contributed by atoms with Crippen molar-refractivity contribution in [2.45, 2.75) is 96.6 Å². The fourth-order valence-corrected chi connectivity index (χ4v) is 3.09. The molecule has 0 aliphatic carbocycles. The smallest absolute Gasteiger partial charge is 0.396 e. The van der Waals surface area contributed by atoms with Gasteiger partial charge in [0, 0.05) is 19.4 Å². The van der Waals surface area contributed by atoms with E-state index in [0.717, 1.165) is 12.8 Å². The van der Waals surface area contributed by atoms with Crippen LogP contribution in [0.5, 0.6) is 0 Å². The van der Waals surface area contributed by atoms with Crippen LogP contribution < -0.4 is 0 Å². The van der Waals surface area contributed by atoms with Gasteiger partial charge in [-0.1, -0.05) is 39.5 Å². The molecule has 1 rings (SSSR count). The van der Waals surface area contributed by atoms with Gasteiger partial charge in [-0.25, -0.2) is 0 Å². The molecule has 0 bridgehead atoms. The number of hydrogen-bond donors (Lipinski definition) is 1. The van der Waals surface area contributed by atoms with Gasteiger partial charge >= 0.3 is 17.9 Å². The molecule has 0 aromatic rings. The van der Waals surface area contributed by atoms with E-state index >= 15 is 0 Å². The minimum Gasteiger partial charge on any atom is -0.396 e. The molecule has 0 atom stereocenters. The Morgan fingerprint density at radius 2 is 1.48 bits per heavy atom. The van der Waals surface area contributed by atoms with Crippen molar-refractivity contribution in [1.82, 2.24) is 0 Å². The number of ether oxygens (including phenoxy) is 4. The molecule has 1 aliphatic rings. The Hall–Kier alpha value is -1.18. The van der Waals surface area contributed by atoms with Crippen molar-refractivity contribution in [3.63, 3.8) is 0 Å². The lowest BCUT2D eigenvalue weighted by molar-refractivity contribution is -0.413. The highest BCUT2D eigenvalue weighted by Crippen LogP contribution is 2.39. The zero-order valence-electron chi connectivity index (χ0n) is 17.1. The zero-order chi connectivity index (χ0) is 20.2. The molecule has 27 heavy (non-hydrogen) atoms. The predicted octanol–water partition coefficient (Wildman–Crippen LogP) is 3.47. The lowest BCUT2D eigenvalue weighted by Crippen LogP contribution is -2.61. The molecule has 0 aromatic heterocycles. The molecule has 1 aliphatic heterocycles. The van der Waals surface area contributed by atoms with Crippen LogP contribution in [0.2, 0.25) is 0 Å². The minimum absolute atomic E-state index is 0.0367. The molecule has 0 saturated carbocycles. The lowest BCUT2D eigenvalue weighted by atomic mass is 9.88. The fraction of sp³-hybridized carbons (Fsp3) is 0.900. The summed E-state index contributed by atoms with van der Waals surface area (Å²) in [6, 6.07) is 0. The molecule has 0 radical (unpaired) electrons. The molecule has 1 N–H and O–H groups in total. The average molecular weight is 389 g/mol. The maximum absolute atomic E-state index is 12.4. The van der Waals surface area contributed by atoms with E-state index in [4.69, 9.17) is 18.9 Å². The molecule has 0 spiro atoms. The highest BCUT2D eigenvalue weighted by Gasteiger charge is 2.58. The van der Waals surface area contributed by atoms with E-state index in [1.165, 1.54) is 0 Å². The van der Waals surface area contributed by atoms with E-state index in [9.17, 15) is 14.7 Å². The number of carbonyl (C=O) groups excluding carboxylic acids is 2. The number of hydrogen-bond acceptors (Lipinski definition) is 7. The minimum atomic E-state index is -2.13. The average Bonchev–Trinajstić information content (AvgIpc) is 2.71. The van der Waals surface area contributed by atoms with E-state index in [0.29, 0.717) is 45.1 Å². The summed E-state index contributed by atoms with van der Waals surface area (Å²) in [4.78, 5) is 24.7. The van der Waals surface area contributed by atoms with Crippen LogP contribution in [0.1, 0.15) is 85.0 Å². The number of cyclic esters (lactones) is 2. The third-order valence-electron chi connectivity index (χ3n) is 4.69. The number of unbranched alkanes of at least 4 members (excludes halogenated alkanes) is 2. The largest absolute Gasteiger partial charge is 0.406 e. The summed E-state index contributed by atoms with van der Waals surface area (Å²) in [5.41, 5.74) is -1.61. The molecular weight excluding hydrogens is 352 g/mol. The third kappa shape index (κ3) is 7.39. The van der Waals surface area contributed by atoms with Gasteiger partial charge in [-0.05, 0) is 32.6 Å². The normalized spacial score (nSPS) is 18.2. The Morgan fingerprint density at radius 3 is 1.93 bits per heavy atom. The van der Waals surface area contributed by atoms with Crippen molar-refractivity contribution in [3.05, 3.63) is 0 Å². The standard InChI is InChI=1S/C20H36O7/c1-4-7-13-19(23,14-8-5-2)20(25-16-15-24-6-3)26-17(21)11-9-10-12-18(22)27-20/h23H,4-16H2,1-3H3. The molecule has 0 unspecified atom stereocenters. The molecule has 1 saturated heterocycles. The van der Waals surface area contributed by atoms with E-state index in [1.54, 1.807) is 0 Å². The van der Waals surface area contributed by atoms with E-state index in [2.05, 4.69) is 0 Å². The molecule has 7 heteroatoms. The van der Waals surface area contributed by atoms with E-state index in [-0.39, 0.29) is 26.1 Å². The van der Waals surface area contributed by atoms with Gasteiger partial charge < -0.3 is 24.1 Å². The molecule has 0 amide bonds. The zero-order valence-corrected chi connectivity index (χ0v) is 17.1. The molecule has 1 fully saturated rings. The Balaban J connectivity index is 3.22. The van der Waals surface area contributed by atoms with Crippen molar-refractivity contribution < 1.29 is 33.6 Å². The van der Waals surface area contributed by atoms with Gasteiger partial charge in [0.2, 0.25) is 0 Å². The van der Waals surface area contributed by atoms with Crippen molar-refractivity contribution in [2.24, 2.45) is 0 Å². The van der Waals surface area contributed by atoms with Gasteiger partial charge in [-0.3, -0.25) is 9.59 Å². The number of aliphatic hydroxyl groups is 1. The fourth-order valence-electron chi connectivity index (χ4n) is 3.09. The van der Waals surface area contributed by atoms with Crippen molar-refractivity contribution in [1.29, 1.82) is 0 Å². The van der Waals surface area contributed by atoms with Crippen LogP contribution in [-0.2, 0) is 28.5 Å². The van der Waals surface area contributed by atoms with Gasteiger partial charge in [-0.15, -0.1) is 0 Å². The quantitative estimate of drug-likeness (QED) is 0.404. The molecule has 1 heterocycles.